The normalized spacial score (nSPS) is 15.0. The van der Waals surface area contributed by atoms with E-state index in [1.165, 1.54) is 0 Å². The summed E-state index contributed by atoms with van der Waals surface area (Å²) in [5, 5.41) is 3.32. The maximum Gasteiger partial charge on any atom is 0.305 e. The van der Waals surface area contributed by atoms with Crippen LogP contribution < -0.4 is 24.8 Å². The monoisotopic (exact) mass is 601 g/mol. The van der Waals surface area contributed by atoms with Crippen molar-refractivity contribution in [2.75, 3.05) is 80.6 Å². The van der Waals surface area contributed by atoms with Gasteiger partial charge in [0.1, 0.15) is 11.4 Å². The molecule has 3 aromatic rings. The van der Waals surface area contributed by atoms with Crippen LogP contribution in [0.25, 0.3) is 0 Å². The van der Waals surface area contributed by atoms with Gasteiger partial charge in [0, 0.05) is 58.4 Å². The molecule has 0 atom stereocenters. The van der Waals surface area contributed by atoms with Crippen molar-refractivity contribution in [3.8, 4) is 5.75 Å². The number of amides is 1. The van der Waals surface area contributed by atoms with E-state index in [9.17, 15) is 9.59 Å². The third-order valence-electron chi connectivity index (χ3n) is 8.31. The lowest BCUT2D eigenvalue weighted by Gasteiger charge is -2.36. The second-order valence-corrected chi connectivity index (χ2v) is 11.2. The second-order valence-electron chi connectivity index (χ2n) is 11.2. The molecule has 5 rings (SSSR count). The Morgan fingerprint density at radius 1 is 0.955 bits per heavy atom. The van der Waals surface area contributed by atoms with Crippen LogP contribution in [0.3, 0.4) is 0 Å². The molecule has 1 fully saturated rings. The van der Waals surface area contributed by atoms with Crippen molar-refractivity contribution in [1.82, 2.24) is 14.9 Å². The van der Waals surface area contributed by atoms with E-state index in [2.05, 4.69) is 32.2 Å². The highest BCUT2D eigenvalue weighted by atomic mass is 16.5. The first-order valence-electron chi connectivity index (χ1n) is 15.5. The average molecular weight is 602 g/mol. The van der Waals surface area contributed by atoms with Crippen molar-refractivity contribution in [1.29, 1.82) is 0 Å². The van der Waals surface area contributed by atoms with Crippen LogP contribution in [0.15, 0.2) is 48.7 Å². The number of benzene rings is 2. The van der Waals surface area contributed by atoms with Crippen LogP contribution in [0.5, 0.6) is 5.75 Å². The van der Waals surface area contributed by atoms with E-state index in [1.54, 1.807) is 25.3 Å². The molecule has 1 saturated heterocycles. The largest absolute Gasteiger partial charge is 0.494 e. The van der Waals surface area contributed by atoms with Gasteiger partial charge in [0.05, 0.1) is 36.9 Å². The van der Waals surface area contributed by atoms with Gasteiger partial charge in [-0.15, -0.1) is 0 Å². The standard InChI is InChI=1S/C33H43N7O4/c1-5-44-30(41)14-8-6-7-11-17-39-18-20-40(21-19-39)24-15-16-26(29(22-24)43-4)35-33-34-23-28-31(36-33)37(2)27-13-10-9-12-25(27)32(42)38(28)3/h9-10,12-13,15-16,22-23H,5-8,11,14,17-21H2,1-4H3,(H,34,35,36). The summed E-state index contributed by atoms with van der Waals surface area (Å²) < 4.78 is 10.8. The number of ether oxygens (including phenoxy) is 2. The van der Waals surface area contributed by atoms with E-state index < -0.39 is 0 Å². The second kappa shape index (κ2) is 14.4. The Hall–Kier alpha value is -4.38. The number of para-hydroxylation sites is 1. The number of piperazine rings is 1. The van der Waals surface area contributed by atoms with E-state index in [-0.39, 0.29) is 11.9 Å². The van der Waals surface area contributed by atoms with Crippen LogP contribution in [0.2, 0.25) is 0 Å². The predicted octanol–water partition coefficient (Wildman–Crippen LogP) is 5.22. The van der Waals surface area contributed by atoms with Gasteiger partial charge >= 0.3 is 5.97 Å². The van der Waals surface area contributed by atoms with E-state index in [1.807, 2.05) is 49.2 Å². The molecular formula is C33H43N7O4. The summed E-state index contributed by atoms with van der Waals surface area (Å²) in [5.74, 6) is 1.57. The Morgan fingerprint density at radius 2 is 1.73 bits per heavy atom. The lowest BCUT2D eigenvalue weighted by molar-refractivity contribution is -0.143. The van der Waals surface area contributed by atoms with Crippen molar-refractivity contribution in [2.24, 2.45) is 0 Å². The van der Waals surface area contributed by atoms with Crippen molar-refractivity contribution in [3.05, 3.63) is 54.2 Å². The highest BCUT2D eigenvalue weighted by Crippen LogP contribution is 2.39. The van der Waals surface area contributed by atoms with Crippen molar-refractivity contribution >= 4 is 46.4 Å². The van der Waals surface area contributed by atoms with Gasteiger partial charge in [-0.2, -0.15) is 4.98 Å². The maximum atomic E-state index is 13.1. The third kappa shape index (κ3) is 7.05. The number of nitrogens with one attached hydrogen (secondary N) is 1. The predicted molar refractivity (Wildman–Crippen MR) is 174 cm³/mol. The fourth-order valence-corrected chi connectivity index (χ4v) is 5.78. The zero-order valence-electron chi connectivity index (χ0n) is 26.2. The third-order valence-corrected chi connectivity index (χ3v) is 8.31. The molecule has 2 aromatic carbocycles. The highest BCUT2D eigenvalue weighted by molar-refractivity contribution is 6.13. The fraction of sp³-hybridized carbons (Fsp3) is 0.455. The summed E-state index contributed by atoms with van der Waals surface area (Å²) in [4.78, 5) is 42.3. The number of fused-ring (bicyclic) bond motifs is 2. The van der Waals surface area contributed by atoms with Crippen molar-refractivity contribution in [3.63, 3.8) is 0 Å². The smallest absolute Gasteiger partial charge is 0.305 e. The molecule has 0 radical (unpaired) electrons. The number of carbonyl (C=O) groups excluding carboxylic acids is 2. The number of hydrogen-bond donors (Lipinski definition) is 1. The highest BCUT2D eigenvalue weighted by Gasteiger charge is 2.29. The molecule has 11 heteroatoms. The first-order chi connectivity index (χ1) is 21.4. The molecular weight excluding hydrogens is 558 g/mol. The molecule has 1 N–H and O–H groups in total. The molecule has 2 aliphatic rings. The first-order valence-corrected chi connectivity index (χ1v) is 15.5. The number of nitrogens with zero attached hydrogens (tertiary/aromatic N) is 6. The Balaban J connectivity index is 1.17. The van der Waals surface area contributed by atoms with Crippen LogP contribution in [-0.2, 0) is 9.53 Å². The number of anilines is 6. The van der Waals surface area contributed by atoms with Gasteiger partial charge in [0.2, 0.25) is 5.95 Å². The average Bonchev–Trinajstić information content (AvgIpc) is 3.12. The minimum Gasteiger partial charge on any atom is -0.494 e. The van der Waals surface area contributed by atoms with Crippen molar-refractivity contribution < 1.29 is 19.1 Å². The molecule has 1 amide bonds. The van der Waals surface area contributed by atoms with E-state index >= 15 is 0 Å². The van der Waals surface area contributed by atoms with Gasteiger partial charge in [-0.05, 0) is 50.6 Å². The summed E-state index contributed by atoms with van der Waals surface area (Å²) >= 11 is 0. The summed E-state index contributed by atoms with van der Waals surface area (Å²) in [5.41, 5.74) is 3.92. The van der Waals surface area contributed by atoms with Crippen LogP contribution in [0.1, 0.15) is 49.4 Å². The number of hydrogen-bond acceptors (Lipinski definition) is 10. The number of carbonyl (C=O) groups is 2. The number of methoxy groups -OCH3 is 1. The minimum atomic E-state index is -0.101. The topological polar surface area (TPSA) is 103 Å². The molecule has 0 bridgehead atoms. The molecule has 3 heterocycles. The van der Waals surface area contributed by atoms with Gasteiger partial charge < -0.3 is 29.5 Å². The van der Waals surface area contributed by atoms with Crippen LogP contribution in [-0.4, -0.2) is 87.3 Å². The maximum absolute atomic E-state index is 13.1. The zero-order chi connectivity index (χ0) is 31.1. The lowest BCUT2D eigenvalue weighted by atomic mass is 10.1. The zero-order valence-corrected chi connectivity index (χ0v) is 26.2. The summed E-state index contributed by atoms with van der Waals surface area (Å²) in [7, 11) is 5.31. The molecule has 11 nitrogen and oxygen atoms in total. The lowest BCUT2D eigenvalue weighted by Crippen LogP contribution is -2.46. The summed E-state index contributed by atoms with van der Waals surface area (Å²) in [6, 6.07) is 13.7. The van der Waals surface area contributed by atoms with Crippen molar-refractivity contribution in [2.45, 2.75) is 39.0 Å². The van der Waals surface area contributed by atoms with Gasteiger partial charge in [0.15, 0.2) is 5.82 Å². The minimum absolute atomic E-state index is 0.0857. The van der Waals surface area contributed by atoms with Gasteiger partial charge in [-0.25, -0.2) is 4.98 Å². The number of esters is 1. The quantitative estimate of drug-likeness (QED) is 0.219. The van der Waals surface area contributed by atoms with Gasteiger partial charge in [0.25, 0.3) is 5.91 Å². The number of rotatable bonds is 12. The Labute approximate surface area is 259 Å². The molecule has 234 valence electrons. The van der Waals surface area contributed by atoms with Gasteiger partial charge in [-0.1, -0.05) is 25.0 Å². The molecule has 0 aliphatic carbocycles. The molecule has 0 unspecified atom stereocenters. The first kappa shape index (κ1) is 31.1. The van der Waals surface area contributed by atoms with E-state index in [4.69, 9.17) is 14.5 Å². The number of unbranched alkanes of at least 4 members (excludes halogenated alkanes) is 3. The molecule has 2 aliphatic heterocycles. The molecule has 0 spiro atoms. The number of aromatic nitrogens is 2. The Kier molecular flexibility index (Phi) is 10.2. The van der Waals surface area contributed by atoms with Crippen LogP contribution in [0.4, 0.5) is 34.5 Å². The van der Waals surface area contributed by atoms with Crippen LogP contribution in [0, 0.1) is 0 Å². The molecule has 1 aromatic heterocycles. The fourth-order valence-electron chi connectivity index (χ4n) is 5.78. The Bertz CT molecular complexity index is 1460. The van der Waals surface area contributed by atoms with E-state index in [0.717, 1.165) is 75.5 Å². The Morgan fingerprint density at radius 3 is 2.50 bits per heavy atom. The summed E-state index contributed by atoms with van der Waals surface area (Å²) in [6.45, 7) is 7.32. The summed E-state index contributed by atoms with van der Waals surface area (Å²) in [6.07, 6.45) is 6.46. The van der Waals surface area contributed by atoms with Gasteiger partial charge in [-0.3, -0.25) is 14.5 Å². The SMILES string of the molecule is CCOC(=O)CCCCCCN1CCN(c2ccc(Nc3ncc4c(n3)N(C)c3ccccc3C(=O)N4C)c(OC)c2)CC1. The van der Waals surface area contributed by atoms with E-state index in [0.29, 0.717) is 41.8 Å². The molecule has 44 heavy (non-hydrogen) atoms. The van der Waals surface area contributed by atoms with Crippen LogP contribution >= 0.6 is 0 Å². The molecule has 0 saturated carbocycles.